The van der Waals surface area contributed by atoms with Crippen molar-refractivity contribution >= 4 is 35.0 Å². The zero-order valence-electron chi connectivity index (χ0n) is 16.0. The van der Waals surface area contributed by atoms with Gasteiger partial charge in [-0.25, -0.2) is 0 Å². The second kappa shape index (κ2) is 8.28. The van der Waals surface area contributed by atoms with E-state index in [2.05, 4.69) is 16.7 Å². The van der Waals surface area contributed by atoms with Crippen LogP contribution in [0, 0.1) is 34.0 Å². The van der Waals surface area contributed by atoms with Crippen LogP contribution >= 0.6 is 11.8 Å². The molecule has 0 aliphatic carbocycles. The number of hydrogen-bond donors (Lipinski definition) is 2. The summed E-state index contributed by atoms with van der Waals surface area (Å²) in [7, 11) is 0. The summed E-state index contributed by atoms with van der Waals surface area (Å²) in [6, 6.07) is 10.5. The molecule has 0 saturated carbocycles. The van der Waals surface area contributed by atoms with Crippen molar-refractivity contribution in [2.45, 2.75) is 32.9 Å². The maximum absolute atomic E-state index is 12.5. The van der Waals surface area contributed by atoms with Gasteiger partial charge >= 0.3 is 0 Å². The standard InChI is InChI=1S/C20H20N4O3S/c1-11(25)13-5-7-14(8-6-13)23-17(26)12(2)28-19-16(10-22)20(3,4)15(9-21)18(27)24-19/h5-8,12,15H,1-4H3,(H,23,26)(H,24,27)/t12-,15-/m0/s1. The van der Waals surface area contributed by atoms with Crippen molar-refractivity contribution < 1.29 is 14.4 Å². The molecule has 2 atom stereocenters. The Bertz CT molecular complexity index is 936. The topological polar surface area (TPSA) is 123 Å². The van der Waals surface area contributed by atoms with Crippen LogP contribution in [-0.2, 0) is 9.59 Å². The summed E-state index contributed by atoms with van der Waals surface area (Å²) in [4.78, 5) is 36.0. The van der Waals surface area contributed by atoms with E-state index in [1.54, 1.807) is 45.0 Å². The Morgan fingerprint density at radius 3 is 2.36 bits per heavy atom. The third-order valence-electron chi connectivity index (χ3n) is 4.56. The number of rotatable bonds is 5. The second-order valence-electron chi connectivity index (χ2n) is 6.97. The quantitative estimate of drug-likeness (QED) is 0.738. The molecule has 0 aromatic heterocycles. The summed E-state index contributed by atoms with van der Waals surface area (Å²) in [5.41, 5.74) is 0.402. The highest BCUT2D eigenvalue weighted by molar-refractivity contribution is 8.04. The molecule has 1 aliphatic rings. The van der Waals surface area contributed by atoms with Gasteiger partial charge in [-0.15, -0.1) is 0 Å². The van der Waals surface area contributed by atoms with Gasteiger partial charge in [0.2, 0.25) is 11.8 Å². The number of ketones is 1. The summed E-state index contributed by atoms with van der Waals surface area (Å²) < 4.78 is 0. The molecule has 0 bridgehead atoms. The van der Waals surface area contributed by atoms with E-state index in [0.717, 1.165) is 11.8 Å². The first-order chi connectivity index (χ1) is 13.1. The van der Waals surface area contributed by atoms with Gasteiger partial charge in [-0.1, -0.05) is 25.6 Å². The number of benzene rings is 1. The van der Waals surface area contributed by atoms with Crippen LogP contribution in [0.2, 0.25) is 0 Å². The predicted molar refractivity (Wildman–Crippen MR) is 106 cm³/mol. The lowest BCUT2D eigenvalue weighted by atomic mass is 9.72. The molecule has 144 valence electrons. The number of nitrogens with one attached hydrogen (secondary N) is 2. The minimum atomic E-state index is -0.976. The van der Waals surface area contributed by atoms with E-state index < -0.39 is 22.5 Å². The van der Waals surface area contributed by atoms with Crippen molar-refractivity contribution in [1.29, 1.82) is 10.5 Å². The number of anilines is 1. The molecule has 0 saturated heterocycles. The second-order valence-corrected chi connectivity index (χ2v) is 8.32. The zero-order valence-corrected chi connectivity index (χ0v) is 16.8. The van der Waals surface area contributed by atoms with Crippen molar-refractivity contribution in [2.24, 2.45) is 11.3 Å². The van der Waals surface area contributed by atoms with Crippen LogP contribution in [-0.4, -0.2) is 22.8 Å². The van der Waals surface area contributed by atoms with Gasteiger partial charge in [0.1, 0.15) is 5.92 Å². The van der Waals surface area contributed by atoms with E-state index >= 15 is 0 Å². The average Bonchev–Trinajstić information content (AvgIpc) is 2.61. The molecule has 0 unspecified atom stereocenters. The number of nitrogens with zero attached hydrogens (tertiary/aromatic N) is 2. The van der Waals surface area contributed by atoms with E-state index in [4.69, 9.17) is 0 Å². The molecule has 7 nitrogen and oxygen atoms in total. The van der Waals surface area contributed by atoms with Crippen molar-refractivity contribution in [3.63, 3.8) is 0 Å². The smallest absolute Gasteiger partial charge is 0.243 e. The first-order valence-electron chi connectivity index (χ1n) is 8.55. The summed E-state index contributed by atoms with van der Waals surface area (Å²) >= 11 is 1.06. The lowest BCUT2D eigenvalue weighted by Gasteiger charge is -2.35. The molecule has 2 amide bonds. The molecule has 0 radical (unpaired) electrons. The Kier molecular flexibility index (Phi) is 6.27. The first kappa shape index (κ1) is 21.2. The van der Waals surface area contributed by atoms with Gasteiger partial charge in [-0.3, -0.25) is 14.4 Å². The number of carbonyl (C=O) groups is 3. The highest BCUT2D eigenvalue weighted by Gasteiger charge is 2.45. The van der Waals surface area contributed by atoms with Crippen LogP contribution in [0.5, 0.6) is 0 Å². The van der Waals surface area contributed by atoms with Crippen LogP contribution in [0.3, 0.4) is 0 Å². The maximum Gasteiger partial charge on any atom is 0.243 e. The Morgan fingerprint density at radius 2 is 1.86 bits per heavy atom. The molecule has 2 rings (SSSR count). The van der Waals surface area contributed by atoms with E-state index in [9.17, 15) is 24.9 Å². The third kappa shape index (κ3) is 4.24. The number of thioether (sulfide) groups is 1. The molecule has 0 fully saturated rings. The normalized spacial score (nSPS) is 19.1. The third-order valence-corrected chi connectivity index (χ3v) is 5.67. The van der Waals surface area contributed by atoms with Gasteiger partial charge < -0.3 is 10.6 Å². The summed E-state index contributed by atoms with van der Waals surface area (Å²) in [5.74, 6) is -1.85. The van der Waals surface area contributed by atoms with E-state index in [0.29, 0.717) is 16.3 Å². The fourth-order valence-corrected chi connectivity index (χ4v) is 3.88. The molecular weight excluding hydrogens is 376 g/mol. The number of Topliss-reactive ketones (excluding diaryl/α,β-unsaturated/α-hetero) is 1. The van der Waals surface area contributed by atoms with Gasteiger partial charge in [0.15, 0.2) is 5.78 Å². The fraction of sp³-hybridized carbons (Fsp3) is 0.350. The molecule has 1 heterocycles. The monoisotopic (exact) mass is 396 g/mol. The molecule has 1 aliphatic heterocycles. The van der Waals surface area contributed by atoms with Crippen LogP contribution in [0.4, 0.5) is 5.69 Å². The van der Waals surface area contributed by atoms with Crippen molar-refractivity contribution in [2.75, 3.05) is 5.32 Å². The van der Waals surface area contributed by atoms with Gasteiger partial charge in [-0.2, -0.15) is 10.5 Å². The molecule has 1 aromatic carbocycles. The first-order valence-corrected chi connectivity index (χ1v) is 9.43. The number of hydrogen-bond acceptors (Lipinski definition) is 6. The number of amides is 2. The highest BCUT2D eigenvalue weighted by atomic mass is 32.2. The zero-order chi connectivity index (χ0) is 21.1. The van der Waals surface area contributed by atoms with Gasteiger partial charge in [-0.05, 0) is 38.1 Å². The van der Waals surface area contributed by atoms with Crippen LogP contribution in [0.15, 0.2) is 34.9 Å². The van der Waals surface area contributed by atoms with Gasteiger partial charge in [0, 0.05) is 16.7 Å². The Morgan fingerprint density at radius 1 is 1.25 bits per heavy atom. The van der Waals surface area contributed by atoms with Crippen LogP contribution in [0.1, 0.15) is 38.1 Å². The summed E-state index contributed by atoms with van der Waals surface area (Å²) in [6.45, 7) is 6.45. The van der Waals surface area contributed by atoms with Crippen molar-refractivity contribution in [3.05, 3.63) is 40.4 Å². The molecule has 28 heavy (non-hydrogen) atoms. The fourth-order valence-electron chi connectivity index (χ4n) is 2.78. The Hall–Kier alpha value is -3.10. The predicted octanol–water partition coefficient (Wildman–Crippen LogP) is 2.98. The van der Waals surface area contributed by atoms with E-state index in [1.807, 2.05) is 6.07 Å². The largest absolute Gasteiger partial charge is 0.325 e. The maximum atomic E-state index is 12.5. The van der Waals surface area contributed by atoms with Crippen molar-refractivity contribution in [1.82, 2.24) is 5.32 Å². The summed E-state index contributed by atoms with van der Waals surface area (Å²) in [5, 5.41) is 23.8. The Labute approximate surface area is 167 Å². The van der Waals surface area contributed by atoms with Crippen LogP contribution < -0.4 is 10.6 Å². The number of carbonyl (C=O) groups excluding carboxylic acids is 3. The lowest BCUT2D eigenvalue weighted by molar-refractivity contribution is -0.125. The van der Waals surface area contributed by atoms with Gasteiger partial charge in [0.05, 0.1) is 28.0 Å². The minimum absolute atomic E-state index is 0.0656. The lowest BCUT2D eigenvalue weighted by Crippen LogP contribution is -2.45. The molecule has 1 aromatic rings. The SMILES string of the molecule is CC(=O)c1ccc(NC(=O)[C@H](C)SC2=C(C#N)C(C)(C)[C@@H](C#N)C(=O)N2)cc1. The van der Waals surface area contributed by atoms with Crippen molar-refractivity contribution in [3.8, 4) is 12.1 Å². The molecule has 0 spiro atoms. The average molecular weight is 396 g/mol. The molecule has 8 heteroatoms. The van der Waals surface area contributed by atoms with E-state index in [-0.39, 0.29) is 17.3 Å². The van der Waals surface area contributed by atoms with E-state index in [1.165, 1.54) is 6.92 Å². The molecular formula is C20H20N4O3S. The Balaban J connectivity index is 2.17. The number of nitriles is 2. The number of allylic oxidation sites excluding steroid dienone is 1. The van der Waals surface area contributed by atoms with Crippen LogP contribution in [0.25, 0.3) is 0 Å². The molecule has 2 N–H and O–H groups in total. The minimum Gasteiger partial charge on any atom is -0.325 e. The van der Waals surface area contributed by atoms with Gasteiger partial charge in [0.25, 0.3) is 0 Å². The summed E-state index contributed by atoms with van der Waals surface area (Å²) in [6.07, 6.45) is 0. The highest BCUT2D eigenvalue weighted by Crippen LogP contribution is 2.42.